The molecular weight excluding hydrogens is 140 g/mol. The van der Waals surface area contributed by atoms with E-state index < -0.39 is 0 Å². The Bertz CT molecular complexity index is 143. The Balaban J connectivity index is 3.93. The van der Waals surface area contributed by atoms with Crippen LogP contribution in [0.5, 0.6) is 0 Å². The maximum Gasteiger partial charge on any atom is 0.219 e. The number of nitrogens with zero attached hydrogens (tertiary/aromatic N) is 1. The molecule has 0 unspecified atom stereocenters. The summed E-state index contributed by atoms with van der Waals surface area (Å²) in [5, 5.41) is 0. The first kappa shape index (κ1) is 10.4. The molecule has 0 saturated carbocycles. The molecule has 0 aliphatic carbocycles. The average Bonchev–Trinajstić information content (AvgIpc) is 1.87. The van der Waals surface area contributed by atoms with Gasteiger partial charge in [-0.3, -0.25) is 4.79 Å². The van der Waals surface area contributed by atoms with Crippen molar-refractivity contribution in [3.05, 3.63) is 0 Å². The second kappa shape index (κ2) is 3.72. The van der Waals surface area contributed by atoms with Gasteiger partial charge in [-0.15, -0.1) is 0 Å². The third-order valence-corrected chi connectivity index (χ3v) is 1.76. The molecule has 3 nitrogen and oxygen atoms in total. The van der Waals surface area contributed by atoms with Crippen molar-refractivity contribution >= 4 is 5.91 Å². The van der Waals surface area contributed by atoms with Crippen LogP contribution in [0.1, 0.15) is 20.8 Å². The van der Waals surface area contributed by atoms with Crippen molar-refractivity contribution in [2.45, 2.75) is 20.8 Å². The Morgan fingerprint density at radius 1 is 1.55 bits per heavy atom. The lowest BCUT2D eigenvalue weighted by Gasteiger charge is -2.28. The van der Waals surface area contributed by atoms with E-state index in [2.05, 4.69) is 0 Å². The molecule has 0 rings (SSSR count). The van der Waals surface area contributed by atoms with Crippen LogP contribution in [0.25, 0.3) is 0 Å². The van der Waals surface area contributed by atoms with Crippen molar-refractivity contribution in [1.82, 2.24) is 4.90 Å². The van der Waals surface area contributed by atoms with E-state index in [1.54, 1.807) is 18.9 Å². The first-order chi connectivity index (χ1) is 4.89. The minimum atomic E-state index is 0.0282. The van der Waals surface area contributed by atoms with Gasteiger partial charge in [0.25, 0.3) is 0 Å². The van der Waals surface area contributed by atoms with Gasteiger partial charge in [-0.2, -0.15) is 0 Å². The molecule has 0 aromatic heterocycles. The van der Waals surface area contributed by atoms with Gasteiger partial charge in [0.15, 0.2) is 0 Å². The molecule has 0 radical (unpaired) electrons. The maximum atomic E-state index is 10.8. The number of carbonyl (C=O) groups is 1. The fraction of sp³-hybridized carbons (Fsp3) is 0.875. The van der Waals surface area contributed by atoms with E-state index in [-0.39, 0.29) is 11.3 Å². The first-order valence-electron chi connectivity index (χ1n) is 3.81. The molecule has 0 aromatic carbocycles. The highest BCUT2D eigenvalue weighted by molar-refractivity contribution is 5.72. The quantitative estimate of drug-likeness (QED) is 0.648. The van der Waals surface area contributed by atoms with Crippen LogP contribution in [-0.2, 0) is 4.79 Å². The van der Waals surface area contributed by atoms with E-state index >= 15 is 0 Å². The molecule has 0 spiro atoms. The van der Waals surface area contributed by atoms with Gasteiger partial charge in [-0.25, -0.2) is 0 Å². The minimum absolute atomic E-state index is 0.0282. The summed E-state index contributed by atoms with van der Waals surface area (Å²) in [5.74, 6) is 0.0894. The molecule has 0 bridgehead atoms. The highest BCUT2D eigenvalue weighted by atomic mass is 16.2. The Hall–Kier alpha value is -0.570. The summed E-state index contributed by atoms with van der Waals surface area (Å²) in [7, 11) is 1.79. The molecule has 0 atom stereocenters. The summed E-state index contributed by atoms with van der Waals surface area (Å²) >= 11 is 0. The van der Waals surface area contributed by atoms with Crippen molar-refractivity contribution in [3.8, 4) is 0 Å². The number of nitrogens with two attached hydrogens (primary N) is 1. The highest BCUT2D eigenvalue weighted by Crippen LogP contribution is 2.13. The molecule has 3 heteroatoms. The molecule has 1 amide bonds. The summed E-state index contributed by atoms with van der Waals surface area (Å²) < 4.78 is 0. The van der Waals surface area contributed by atoms with E-state index in [4.69, 9.17) is 5.73 Å². The SMILES string of the molecule is CC(=O)N(C)CC(C)(C)CN. The fourth-order valence-corrected chi connectivity index (χ4v) is 0.818. The van der Waals surface area contributed by atoms with Gasteiger partial charge in [0.1, 0.15) is 0 Å². The van der Waals surface area contributed by atoms with E-state index in [1.165, 1.54) is 0 Å². The Morgan fingerprint density at radius 3 is 2.27 bits per heavy atom. The monoisotopic (exact) mass is 158 g/mol. The highest BCUT2D eigenvalue weighted by Gasteiger charge is 2.18. The molecule has 11 heavy (non-hydrogen) atoms. The van der Waals surface area contributed by atoms with E-state index in [9.17, 15) is 4.79 Å². The first-order valence-corrected chi connectivity index (χ1v) is 3.81. The zero-order valence-corrected chi connectivity index (χ0v) is 7.85. The van der Waals surface area contributed by atoms with Gasteiger partial charge in [-0.05, 0) is 12.0 Å². The van der Waals surface area contributed by atoms with E-state index in [0.29, 0.717) is 6.54 Å². The molecular formula is C8H18N2O. The molecule has 66 valence electrons. The molecule has 0 saturated heterocycles. The van der Waals surface area contributed by atoms with Gasteiger partial charge in [-0.1, -0.05) is 13.8 Å². The second-order valence-electron chi connectivity index (χ2n) is 3.74. The predicted octanol–water partition coefficient (Wildman–Crippen LogP) is 0.450. The van der Waals surface area contributed by atoms with Crippen molar-refractivity contribution < 1.29 is 4.79 Å². The zero-order chi connectivity index (χ0) is 9.07. The lowest BCUT2D eigenvalue weighted by molar-refractivity contribution is -0.128. The predicted molar refractivity (Wildman–Crippen MR) is 46.1 cm³/mol. The standard InChI is InChI=1S/C8H18N2O/c1-7(11)10(4)6-8(2,3)5-9/h5-6,9H2,1-4H3. The van der Waals surface area contributed by atoms with Crippen molar-refractivity contribution in [1.29, 1.82) is 0 Å². The number of amides is 1. The van der Waals surface area contributed by atoms with Gasteiger partial charge < -0.3 is 10.6 Å². The summed E-state index contributed by atoms with van der Waals surface area (Å²) in [5.41, 5.74) is 5.54. The maximum absolute atomic E-state index is 10.8. The van der Waals surface area contributed by atoms with Crippen LogP contribution in [0, 0.1) is 5.41 Å². The van der Waals surface area contributed by atoms with E-state index in [1.807, 2.05) is 13.8 Å². The van der Waals surface area contributed by atoms with Gasteiger partial charge >= 0.3 is 0 Å². The summed E-state index contributed by atoms with van der Waals surface area (Å²) in [6, 6.07) is 0. The normalized spacial score (nSPS) is 11.4. The van der Waals surface area contributed by atoms with Crippen LogP contribution in [0.2, 0.25) is 0 Å². The summed E-state index contributed by atoms with van der Waals surface area (Å²) in [6.07, 6.45) is 0. The van der Waals surface area contributed by atoms with E-state index in [0.717, 1.165) is 6.54 Å². The van der Waals surface area contributed by atoms with Crippen LogP contribution in [0.4, 0.5) is 0 Å². The Labute approximate surface area is 68.6 Å². The number of hydrogen-bond acceptors (Lipinski definition) is 2. The van der Waals surface area contributed by atoms with Gasteiger partial charge in [0.05, 0.1) is 0 Å². The van der Waals surface area contributed by atoms with Crippen LogP contribution >= 0.6 is 0 Å². The van der Waals surface area contributed by atoms with Crippen LogP contribution in [0.3, 0.4) is 0 Å². The van der Waals surface area contributed by atoms with Crippen LogP contribution < -0.4 is 5.73 Å². The lowest BCUT2D eigenvalue weighted by atomic mass is 9.93. The molecule has 0 aliphatic heterocycles. The third-order valence-electron chi connectivity index (χ3n) is 1.76. The molecule has 0 aromatic rings. The smallest absolute Gasteiger partial charge is 0.219 e. The summed E-state index contributed by atoms with van der Waals surface area (Å²) in [4.78, 5) is 12.5. The number of hydrogen-bond donors (Lipinski definition) is 1. The number of carbonyl (C=O) groups excluding carboxylic acids is 1. The number of rotatable bonds is 3. The van der Waals surface area contributed by atoms with Gasteiger partial charge in [0, 0.05) is 20.5 Å². The summed E-state index contributed by atoms with van der Waals surface area (Å²) in [6.45, 7) is 6.98. The van der Waals surface area contributed by atoms with Crippen molar-refractivity contribution in [2.75, 3.05) is 20.1 Å². The van der Waals surface area contributed by atoms with Crippen LogP contribution in [0.15, 0.2) is 0 Å². The van der Waals surface area contributed by atoms with Crippen molar-refractivity contribution in [3.63, 3.8) is 0 Å². The molecule has 0 aliphatic rings. The molecule has 2 N–H and O–H groups in total. The fourth-order valence-electron chi connectivity index (χ4n) is 0.818. The Morgan fingerprint density at radius 2 is 2.00 bits per heavy atom. The largest absolute Gasteiger partial charge is 0.345 e. The molecule has 0 fully saturated rings. The molecule has 0 heterocycles. The average molecular weight is 158 g/mol. The van der Waals surface area contributed by atoms with Gasteiger partial charge in [0.2, 0.25) is 5.91 Å². The van der Waals surface area contributed by atoms with Crippen molar-refractivity contribution in [2.24, 2.45) is 11.1 Å². The second-order valence-corrected chi connectivity index (χ2v) is 3.74. The third kappa shape index (κ3) is 3.98. The van der Waals surface area contributed by atoms with Crippen LogP contribution in [-0.4, -0.2) is 30.9 Å². The topological polar surface area (TPSA) is 46.3 Å². The minimum Gasteiger partial charge on any atom is -0.345 e. The lowest BCUT2D eigenvalue weighted by Crippen LogP contribution is -2.38. The Kier molecular flexibility index (Phi) is 3.52. The zero-order valence-electron chi connectivity index (χ0n) is 7.85.